The number of carboxylic acid groups (broad SMARTS) is 1. The van der Waals surface area contributed by atoms with Crippen molar-refractivity contribution in [2.24, 2.45) is 0 Å². The molecule has 25 heavy (non-hydrogen) atoms. The summed E-state index contributed by atoms with van der Waals surface area (Å²) in [6.45, 7) is 0. The van der Waals surface area contributed by atoms with Crippen LogP contribution < -0.4 is 10.1 Å². The zero-order chi connectivity index (χ0) is 18.1. The van der Waals surface area contributed by atoms with Crippen molar-refractivity contribution < 1.29 is 19.4 Å². The van der Waals surface area contributed by atoms with Crippen LogP contribution in [0.5, 0.6) is 5.75 Å². The normalized spacial score (nSPS) is 10.3. The second-order valence-corrected chi connectivity index (χ2v) is 6.58. The summed E-state index contributed by atoms with van der Waals surface area (Å²) in [6, 6.07) is 15.0. The second-order valence-electron chi connectivity index (χ2n) is 5.42. The van der Waals surface area contributed by atoms with E-state index in [2.05, 4.69) is 5.32 Å². The number of benzene rings is 2. The number of thioether (sulfide) groups is 1. The van der Waals surface area contributed by atoms with Crippen LogP contribution in [0.15, 0.2) is 53.4 Å². The van der Waals surface area contributed by atoms with Gasteiger partial charge in [0.1, 0.15) is 5.75 Å². The van der Waals surface area contributed by atoms with E-state index in [4.69, 9.17) is 9.84 Å². The number of aryl methyl sites for hydroxylation is 1. The number of nitrogens with one attached hydrogen (secondary N) is 1. The van der Waals surface area contributed by atoms with Gasteiger partial charge in [-0.25, -0.2) is 0 Å². The molecule has 0 saturated heterocycles. The van der Waals surface area contributed by atoms with Gasteiger partial charge < -0.3 is 15.2 Å². The van der Waals surface area contributed by atoms with Gasteiger partial charge in [0.05, 0.1) is 7.11 Å². The standard InChI is InChI=1S/C19H21NO4S/c1-24-16-6-8-17(9-7-16)25-12-11-18(21)20-15-4-2-3-14(13-15)5-10-19(22)23/h2-4,6-9,13H,5,10-12H2,1H3,(H,20,21)(H,22,23). The molecular weight excluding hydrogens is 338 g/mol. The molecule has 0 bridgehead atoms. The Morgan fingerprint density at radius 1 is 1.12 bits per heavy atom. The maximum Gasteiger partial charge on any atom is 0.303 e. The van der Waals surface area contributed by atoms with Crippen molar-refractivity contribution in [3.8, 4) is 5.75 Å². The maximum atomic E-state index is 12.0. The highest BCUT2D eigenvalue weighted by Gasteiger charge is 2.05. The number of amides is 1. The van der Waals surface area contributed by atoms with Crippen LogP contribution >= 0.6 is 11.8 Å². The molecule has 0 heterocycles. The topological polar surface area (TPSA) is 75.6 Å². The first kappa shape index (κ1) is 18.9. The van der Waals surface area contributed by atoms with Crippen molar-refractivity contribution in [3.63, 3.8) is 0 Å². The average Bonchev–Trinajstić information content (AvgIpc) is 2.61. The van der Waals surface area contributed by atoms with E-state index in [9.17, 15) is 9.59 Å². The van der Waals surface area contributed by atoms with Crippen LogP contribution in [0.25, 0.3) is 0 Å². The number of hydrogen-bond donors (Lipinski definition) is 2. The lowest BCUT2D eigenvalue weighted by atomic mass is 10.1. The first-order chi connectivity index (χ1) is 12.1. The van der Waals surface area contributed by atoms with E-state index in [0.29, 0.717) is 24.3 Å². The Labute approximate surface area is 151 Å². The lowest BCUT2D eigenvalue weighted by Crippen LogP contribution is -2.12. The van der Waals surface area contributed by atoms with E-state index in [1.54, 1.807) is 24.9 Å². The van der Waals surface area contributed by atoms with E-state index >= 15 is 0 Å². The SMILES string of the molecule is COc1ccc(SCCC(=O)Nc2cccc(CCC(=O)O)c2)cc1. The number of carbonyl (C=O) groups excluding carboxylic acids is 1. The highest BCUT2D eigenvalue weighted by atomic mass is 32.2. The summed E-state index contributed by atoms with van der Waals surface area (Å²) in [6.07, 6.45) is 0.929. The molecule has 0 spiro atoms. The molecule has 0 fully saturated rings. The Kier molecular flexibility index (Phi) is 7.35. The van der Waals surface area contributed by atoms with Crippen molar-refractivity contribution in [2.75, 3.05) is 18.2 Å². The van der Waals surface area contributed by atoms with E-state index in [0.717, 1.165) is 16.2 Å². The number of ether oxygens (including phenoxy) is 1. The number of methoxy groups -OCH3 is 1. The smallest absolute Gasteiger partial charge is 0.303 e. The molecule has 6 heteroatoms. The Bertz CT molecular complexity index is 716. The van der Waals surface area contributed by atoms with Gasteiger partial charge in [-0.15, -0.1) is 11.8 Å². The summed E-state index contributed by atoms with van der Waals surface area (Å²) in [7, 11) is 1.63. The molecule has 0 atom stereocenters. The summed E-state index contributed by atoms with van der Waals surface area (Å²) in [5.74, 6) is 0.600. The lowest BCUT2D eigenvalue weighted by Gasteiger charge is -2.07. The fourth-order valence-corrected chi connectivity index (χ4v) is 3.06. The van der Waals surface area contributed by atoms with Crippen LogP contribution in [0, 0.1) is 0 Å². The number of anilines is 1. The number of carboxylic acids is 1. The van der Waals surface area contributed by atoms with Gasteiger partial charge in [-0.1, -0.05) is 12.1 Å². The molecule has 0 saturated carbocycles. The van der Waals surface area contributed by atoms with Gasteiger partial charge in [-0.05, 0) is 48.4 Å². The minimum Gasteiger partial charge on any atom is -0.497 e. The van der Waals surface area contributed by atoms with Crippen LogP contribution in [0.3, 0.4) is 0 Å². The fraction of sp³-hybridized carbons (Fsp3) is 0.263. The molecule has 2 N–H and O–H groups in total. The lowest BCUT2D eigenvalue weighted by molar-refractivity contribution is -0.137. The predicted octanol–water partition coefficient (Wildman–Crippen LogP) is 3.83. The Morgan fingerprint density at radius 2 is 1.88 bits per heavy atom. The Morgan fingerprint density at radius 3 is 2.56 bits per heavy atom. The van der Waals surface area contributed by atoms with E-state index in [1.165, 1.54) is 0 Å². The van der Waals surface area contributed by atoms with Crippen molar-refractivity contribution in [1.29, 1.82) is 0 Å². The molecule has 0 aliphatic rings. The molecule has 0 aliphatic carbocycles. The zero-order valence-electron chi connectivity index (χ0n) is 14.0. The molecule has 2 aromatic carbocycles. The van der Waals surface area contributed by atoms with Crippen LogP contribution in [-0.2, 0) is 16.0 Å². The van der Waals surface area contributed by atoms with Gasteiger partial charge >= 0.3 is 5.97 Å². The number of rotatable bonds is 9. The van der Waals surface area contributed by atoms with E-state index < -0.39 is 5.97 Å². The molecule has 2 aromatic rings. The van der Waals surface area contributed by atoms with Gasteiger partial charge in [0.25, 0.3) is 0 Å². The van der Waals surface area contributed by atoms with Crippen LogP contribution in [-0.4, -0.2) is 29.8 Å². The highest BCUT2D eigenvalue weighted by molar-refractivity contribution is 7.99. The summed E-state index contributed by atoms with van der Waals surface area (Å²) in [5.41, 5.74) is 1.59. The second kappa shape index (κ2) is 9.74. The molecule has 0 aromatic heterocycles. The first-order valence-electron chi connectivity index (χ1n) is 7.94. The third-order valence-electron chi connectivity index (χ3n) is 3.50. The zero-order valence-corrected chi connectivity index (χ0v) is 14.8. The van der Waals surface area contributed by atoms with Crippen molar-refractivity contribution in [3.05, 3.63) is 54.1 Å². The molecule has 2 rings (SSSR count). The van der Waals surface area contributed by atoms with Crippen molar-refractivity contribution in [2.45, 2.75) is 24.2 Å². The summed E-state index contributed by atoms with van der Waals surface area (Å²) >= 11 is 1.61. The van der Waals surface area contributed by atoms with Gasteiger partial charge in [0.15, 0.2) is 0 Å². The monoisotopic (exact) mass is 359 g/mol. The largest absolute Gasteiger partial charge is 0.497 e. The number of hydrogen-bond acceptors (Lipinski definition) is 4. The minimum absolute atomic E-state index is 0.0589. The Hall–Kier alpha value is -2.47. The molecule has 1 amide bonds. The molecule has 132 valence electrons. The molecule has 0 unspecified atom stereocenters. The summed E-state index contributed by atoms with van der Waals surface area (Å²) in [4.78, 5) is 23.8. The molecule has 0 aliphatic heterocycles. The van der Waals surface area contributed by atoms with Gasteiger partial charge in [-0.3, -0.25) is 9.59 Å². The third-order valence-corrected chi connectivity index (χ3v) is 4.51. The van der Waals surface area contributed by atoms with E-state index in [-0.39, 0.29) is 12.3 Å². The summed E-state index contributed by atoms with van der Waals surface area (Å²) in [5, 5.41) is 11.6. The van der Waals surface area contributed by atoms with Gasteiger partial charge in [-0.2, -0.15) is 0 Å². The van der Waals surface area contributed by atoms with Crippen molar-refractivity contribution >= 4 is 29.3 Å². The maximum absolute atomic E-state index is 12.0. The van der Waals surface area contributed by atoms with E-state index in [1.807, 2.05) is 42.5 Å². The summed E-state index contributed by atoms with van der Waals surface area (Å²) < 4.78 is 5.11. The van der Waals surface area contributed by atoms with Gasteiger partial charge in [0, 0.05) is 29.2 Å². The first-order valence-corrected chi connectivity index (χ1v) is 8.93. The van der Waals surface area contributed by atoms with Crippen LogP contribution in [0.2, 0.25) is 0 Å². The highest BCUT2D eigenvalue weighted by Crippen LogP contribution is 2.22. The number of aliphatic carboxylic acids is 1. The van der Waals surface area contributed by atoms with Crippen LogP contribution in [0.4, 0.5) is 5.69 Å². The molecule has 5 nitrogen and oxygen atoms in total. The quantitative estimate of drug-likeness (QED) is 0.666. The number of carbonyl (C=O) groups is 2. The Balaban J connectivity index is 1.77. The minimum atomic E-state index is -0.829. The van der Waals surface area contributed by atoms with Crippen LogP contribution in [0.1, 0.15) is 18.4 Å². The van der Waals surface area contributed by atoms with Crippen molar-refractivity contribution in [1.82, 2.24) is 0 Å². The molecule has 0 radical (unpaired) electrons. The fourth-order valence-electron chi connectivity index (χ4n) is 2.21. The average molecular weight is 359 g/mol. The predicted molar refractivity (Wildman–Crippen MR) is 99.4 cm³/mol. The van der Waals surface area contributed by atoms with Gasteiger partial charge in [0.2, 0.25) is 5.91 Å². The molecular formula is C19H21NO4S. The third kappa shape index (κ3) is 6.89.